The van der Waals surface area contributed by atoms with Crippen molar-refractivity contribution in [2.24, 2.45) is 5.41 Å². The zero-order valence-corrected chi connectivity index (χ0v) is 53.3. The van der Waals surface area contributed by atoms with Gasteiger partial charge in [-0.2, -0.15) is 0 Å². The van der Waals surface area contributed by atoms with E-state index in [-0.39, 0.29) is 105 Å². The maximum Gasteiger partial charge on any atom is 0.306 e. The van der Waals surface area contributed by atoms with Crippen molar-refractivity contribution >= 4 is 41.8 Å². The second-order valence-corrected chi connectivity index (χ2v) is 23.3. The van der Waals surface area contributed by atoms with Crippen molar-refractivity contribution in [3.05, 3.63) is 0 Å². The zero-order chi connectivity index (χ0) is 60.0. The van der Waals surface area contributed by atoms with Crippen LogP contribution in [0.15, 0.2) is 0 Å². The fourth-order valence-corrected chi connectivity index (χ4v) is 9.83. The first-order valence-electron chi connectivity index (χ1n) is 33.5. The molecule has 0 saturated heterocycles. The summed E-state index contributed by atoms with van der Waals surface area (Å²) in [5.41, 5.74) is -0.877. The third-order valence-electron chi connectivity index (χ3n) is 15.4. The molecule has 0 aliphatic rings. The number of hydrogen-bond acceptors (Lipinski definition) is 14. The summed E-state index contributed by atoms with van der Waals surface area (Å²) in [7, 11) is 0. The van der Waals surface area contributed by atoms with Crippen LogP contribution in [0.25, 0.3) is 0 Å². The maximum absolute atomic E-state index is 13.1. The standard InChI is InChI=1S/C67H122O14/c1-9-17-22-32-40-58(80-65(73)47-30-19-11-3)51-49-56(78-63(71)38-14-6)42-34-26-24-28-36-45-61(69)76-54-67(16-8,53-75-60(68)44-21-13-5)55-77-62(70)46-37-29-25-27-35-43-57(79-64(72)39-15-7)50-52-59(41-33-23-18-10-2)81-66(74)48-31-20-12-4/h56-59H,9-55H2,1-8H3. The summed E-state index contributed by atoms with van der Waals surface area (Å²) in [6.45, 7) is 16.4. The molecule has 0 saturated carbocycles. The molecule has 0 rings (SSSR count). The highest BCUT2D eigenvalue weighted by Gasteiger charge is 2.34. The predicted octanol–water partition coefficient (Wildman–Crippen LogP) is 17.6. The van der Waals surface area contributed by atoms with Gasteiger partial charge in [-0.05, 0) is 128 Å². The number of carbonyl (C=O) groups excluding carboxylic acids is 7. The molecule has 0 aliphatic heterocycles. The van der Waals surface area contributed by atoms with Crippen LogP contribution in [-0.2, 0) is 66.7 Å². The number of rotatable bonds is 58. The largest absolute Gasteiger partial charge is 0.465 e. The van der Waals surface area contributed by atoms with E-state index in [1.54, 1.807) is 0 Å². The molecule has 14 nitrogen and oxygen atoms in total. The lowest BCUT2D eigenvalue weighted by Crippen LogP contribution is -2.39. The second-order valence-electron chi connectivity index (χ2n) is 23.3. The molecule has 0 aromatic rings. The lowest BCUT2D eigenvalue weighted by molar-refractivity contribution is -0.163. The lowest BCUT2D eigenvalue weighted by Gasteiger charge is -2.31. The minimum Gasteiger partial charge on any atom is -0.465 e. The Kier molecular flexibility index (Phi) is 51.8. The average molecular weight is 1150 g/mol. The van der Waals surface area contributed by atoms with Gasteiger partial charge in [0.15, 0.2) is 0 Å². The number of ether oxygens (including phenoxy) is 7. The van der Waals surface area contributed by atoms with Crippen LogP contribution in [0.5, 0.6) is 0 Å². The molecule has 474 valence electrons. The number of unbranched alkanes of at least 4 members (excludes halogenated alkanes) is 19. The first-order valence-corrected chi connectivity index (χ1v) is 33.5. The first kappa shape index (κ1) is 77.3. The molecule has 0 aromatic carbocycles. The fourth-order valence-electron chi connectivity index (χ4n) is 9.83. The van der Waals surface area contributed by atoms with Crippen molar-refractivity contribution in [3.8, 4) is 0 Å². The summed E-state index contributed by atoms with van der Waals surface area (Å²) in [5, 5.41) is 0. The molecule has 4 unspecified atom stereocenters. The smallest absolute Gasteiger partial charge is 0.306 e. The number of hydrogen-bond donors (Lipinski definition) is 0. The molecule has 14 heteroatoms. The van der Waals surface area contributed by atoms with E-state index in [1.165, 1.54) is 0 Å². The van der Waals surface area contributed by atoms with E-state index in [2.05, 4.69) is 27.7 Å². The number of carbonyl (C=O) groups is 7. The van der Waals surface area contributed by atoms with Crippen molar-refractivity contribution in [1.29, 1.82) is 0 Å². The summed E-state index contributed by atoms with van der Waals surface area (Å²) in [5.74, 6) is -1.66. The average Bonchev–Trinajstić information content (AvgIpc) is 3.45. The Bertz CT molecular complexity index is 1480. The Balaban J connectivity index is 5.22. The summed E-state index contributed by atoms with van der Waals surface area (Å²) in [6, 6.07) is 0. The highest BCUT2D eigenvalue weighted by Crippen LogP contribution is 2.27. The molecular formula is C67H122O14. The van der Waals surface area contributed by atoms with Gasteiger partial charge in [-0.25, -0.2) is 0 Å². The summed E-state index contributed by atoms with van der Waals surface area (Å²) in [6.07, 6.45) is 33.9. The van der Waals surface area contributed by atoms with Crippen LogP contribution < -0.4 is 0 Å². The molecule has 0 heterocycles. The Labute approximate surface area is 494 Å². The lowest BCUT2D eigenvalue weighted by atomic mass is 9.88. The van der Waals surface area contributed by atoms with Gasteiger partial charge in [-0.3, -0.25) is 33.6 Å². The van der Waals surface area contributed by atoms with Crippen molar-refractivity contribution < 1.29 is 66.7 Å². The van der Waals surface area contributed by atoms with Crippen LogP contribution in [0, 0.1) is 5.41 Å². The third-order valence-corrected chi connectivity index (χ3v) is 15.4. The topological polar surface area (TPSA) is 184 Å². The van der Waals surface area contributed by atoms with Crippen LogP contribution in [0.4, 0.5) is 0 Å². The quantitative estimate of drug-likeness (QED) is 0.0318. The van der Waals surface area contributed by atoms with E-state index in [9.17, 15) is 33.6 Å². The normalized spacial score (nSPS) is 13.5. The van der Waals surface area contributed by atoms with Crippen LogP contribution >= 0.6 is 0 Å². The Morgan fingerprint density at radius 2 is 0.481 bits per heavy atom. The molecular weight excluding hydrogens is 1030 g/mol. The van der Waals surface area contributed by atoms with Gasteiger partial charge in [0, 0.05) is 44.9 Å². The van der Waals surface area contributed by atoms with Crippen molar-refractivity contribution in [2.75, 3.05) is 19.8 Å². The number of esters is 7. The minimum atomic E-state index is -0.877. The van der Waals surface area contributed by atoms with Gasteiger partial charge < -0.3 is 33.2 Å². The first-order chi connectivity index (χ1) is 39.2. The van der Waals surface area contributed by atoms with E-state index in [0.717, 1.165) is 186 Å². The Hall–Kier alpha value is -3.71. The molecule has 0 amide bonds. The van der Waals surface area contributed by atoms with Crippen LogP contribution in [0.1, 0.15) is 338 Å². The minimum absolute atomic E-state index is 0.0241. The highest BCUT2D eigenvalue weighted by molar-refractivity contribution is 5.71. The van der Waals surface area contributed by atoms with E-state index >= 15 is 0 Å². The van der Waals surface area contributed by atoms with Crippen molar-refractivity contribution in [1.82, 2.24) is 0 Å². The summed E-state index contributed by atoms with van der Waals surface area (Å²) < 4.78 is 41.1. The van der Waals surface area contributed by atoms with Crippen LogP contribution in [-0.4, -0.2) is 86.0 Å². The van der Waals surface area contributed by atoms with Gasteiger partial charge in [0.05, 0.1) is 5.41 Å². The molecule has 0 aliphatic carbocycles. The van der Waals surface area contributed by atoms with Crippen molar-refractivity contribution in [3.63, 3.8) is 0 Å². The van der Waals surface area contributed by atoms with Gasteiger partial charge in [0.25, 0.3) is 0 Å². The predicted molar refractivity (Wildman–Crippen MR) is 323 cm³/mol. The molecule has 0 aromatic heterocycles. The van der Waals surface area contributed by atoms with E-state index in [4.69, 9.17) is 33.2 Å². The van der Waals surface area contributed by atoms with Gasteiger partial charge >= 0.3 is 41.8 Å². The van der Waals surface area contributed by atoms with Crippen LogP contribution in [0.2, 0.25) is 0 Å². The summed E-state index contributed by atoms with van der Waals surface area (Å²) >= 11 is 0. The maximum atomic E-state index is 13.1. The monoisotopic (exact) mass is 1150 g/mol. The Morgan fingerprint density at radius 3 is 0.778 bits per heavy atom. The fraction of sp³-hybridized carbons (Fsp3) is 0.896. The molecule has 0 N–H and O–H groups in total. The second kappa shape index (κ2) is 54.2. The van der Waals surface area contributed by atoms with E-state index < -0.39 is 5.41 Å². The molecule has 0 bridgehead atoms. The van der Waals surface area contributed by atoms with Gasteiger partial charge in [-0.15, -0.1) is 0 Å². The zero-order valence-electron chi connectivity index (χ0n) is 53.3. The molecule has 0 radical (unpaired) electrons. The van der Waals surface area contributed by atoms with Gasteiger partial charge in [-0.1, -0.05) is 165 Å². The van der Waals surface area contributed by atoms with Crippen molar-refractivity contribution in [2.45, 2.75) is 362 Å². The highest BCUT2D eigenvalue weighted by atomic mass is 16.6. The summed E-state index contributed by atoms with van der Waals surface area (Å²) in [4.78, 5) is 89.4. The molecule has 0 fully saturated rings. The molecule has 81 heavy (non-hydrogen) atoms. The van der Waals surface area contributed by atoms with E-state index in [1.807, 2.05) is 27.7 Å². The van der Waals surface area contributed by atoms with Gasteiger partial charge in [0.2, 0.25) is 0 Å². The molecule has 4 atom stereocenters. The van der Waals surface area contributed by atoms with Crippen LogP contribution in [0.3, 0.4) is 0 Å². The molecule has 0 spiro atoms. The van der Waals surface area contributed by atoms with Gasteiger partial charge in [0.1, 0.15) is 44.2 Å². The van der Waals surface area contributed by atoms with E-state index in [0.29, 0.717) is 77.0 Å². The Morgan fingerprint density at radius 1 is 0.247 bits per heavy atom. The third kappa shape index (κ3) is 46.4. The SMILES string of the molecule is CCCCCCC(CCC(CCCCCCCC(=O)OCC(CC)(COC(=O)CCCC)COC(=O)CCCCCCCC(CCC(CCCCCC)OC(=O)CCCCC)OC(=O)CCC)OC(=O)CCC)OC(=O)CCCCC.